The topological polar surface area (TPSA) is 70.2 Å². The second kappa shape index (κ2) is 9.16. The van der Waals surface area contributed by atoms with E-state index >= 15 is 0 Å². The van der Waals surface area contributed by atoms with Crippen LogP contribution < -0.4 is 5.73 Å². The maximum atomic E-state index is 11.2. The Bertz CT molecular complexity index is 455. The number of primary amides is 1. The molecular weight excluding hydrogens is 262 g/mol. The first kappa shape index (κ1) is 17.2. The zero-order valence-corrected chi connectivity index (χ0v) is 13.2. The SMILES string of the molecule is CC.N=C(C1=CCCC=C1)/C(=C\C(N)=O)N1CCCCC1. The van der Waals surface area contributed by atoms with Gasteiger partial charge in [-0.1, -0.05) is 32.1 Å². The quantitative estimate of drug-likeness (QED) is 0.616. The Morgan fingerprint density at radius 3 is 2.43 bits per heavy atom. The van der Waals surface area contributed by atoms with Crippen LogP contribution in [0.25, 0.3) is 0 Å². The Labute approximate surface area is 127 Å². The molecule has 0 atom stereocenters. The van der Waals surface area contributed by atoms with Gasteiger partial charge in [-0.3, -0.25) is 10.2 Å². The molecule has 0 unspecified atom stereocenters. The van der Waals surface area contributed by atoms with Gasteiger partial charge in [0.05, 0.1) is 11.4 Å². The molecule has 1 saturated heterocycles. The number of hydrogen-bond donors (Lipinski definition) is 2. The summed E-state index contributed by atoms with van der Waals surface area (Å²) in [4.78, 5) is 13.3. The van der Waals surface area contributed by atoms with E-state index in [0.717, 1.165) is 44.3 Å². The van der Waals surface area contributed by atoms with E-state index in [9.17, 15) is 4.79 Å². The molecule has 0 bridgehead atoms. The minimum absolute atomic E-state index is 0.414. The van der Waals surface area contributed by atoms with Crippen LogP contribution in [0.15, 0.2) is 35.6 Å². The van der Waals surface area contributed by atoms with Gasteiger partial charge in [-0.05, 0) is 37.7 Å². The summed E-state index contributed by atoms with van der Waals surface area (Å²) in [6, 6.07) is 0. The third-order valence-electron chi connectivity index (χ3n) is 3.52. The normalized spacial score (nSPS) is 18.5. The van der Waals surface area contributed by atoms with Crippen LogP contribution in [0.1, 0.15) is 46.0 Å². The van der Waals surface area contributed by atoms with E-state index < -0.39 is 5.91 Å². The number of likely N-dealkylation sites (tertiary alicyclic amines) is 1. The van der Waals surface area contributed by atoms with Crippen LogP contribution in [0.3, 0.4) is 0 Å². The van der Waals surface area contributed by atoms with Gasteiger partial charge in [-0.25, -0.2) is 0 Å². The standard InChI is InChI=1S/C15H21N3O.C2H6/c16-14(19)11-13(18-9-5-2-6-10-18)15(17)12-7-3-1-4-8-12;1-2/h3,7-8,11,17H,1-2,4-6,9-10H2,(H2,16,19);1-2H3/b13-11+,17-15?;. The molecule has 0 spiro atoms. The lowest BCUT2D eigenvalue weighted by Gasteiger charge is -2.31. The molecule has 3 N–H and O–H groups in total. The Morgan fingerprint density at radius 1 is 1.24 bits per heavy atom. The predicted octanol–water partition coefficient (Wildman–Crippen LogP) is 3.16. The lowest BCUT2D eigenvalue weighted by Crippen LogP contribution is -2.34. The smallest absolute Gasteiger partial charge is 0.243 e. The molecule has 1 fully saturated rings. The molecule has 21 heavy (non-hydrogen) atoms. The summed E-state index contributed by atoms with van der Waals surface area (Å²) < 4.78 is 0. The van der Waals surface area contributed by atoms with Crippen molar-refractivity contribution in [2.75, 3.05) is 13.1 Å². The van der Waals surface area contributed by atoms with Gasteiger partial charge >= 0.3 is 0 Å². The molecule has 2 rings (SSSR count). The monoisotopic (exact) mass is 289 g/mol. The van der Waals surface area contributed by atoms with Crippen molar-refractivity contribution in [3.05, 3.63) is 35.6 Å². The third kappa shape index (κ3) is 5.21. The number of nitrogens with two attached hydrogens (primary N) is 1. The maximum absolute atomic E-state index is 11.2. The molecule has 1 aliphatic heterocycles. The number of carbonyl (C=O) groups excluding carboxylic acids is 1. The number of rotatable bonds is 4. The van der Waals surface area contributed by atoms with Gasteiger partial charge in [0.2, 0.25) is 5.91 Å². The van der Waals surface area contributed by atoms with Crippen molar-refractivity contribution in [2.24, 2.45) is 5.73 Å². The fourth-order valence-corrected chi connectivity index (χ4v) is 2.54. The molecule has 4 heteroatoms. The number of hydrogen-bond acceptors (Lipinski definition) is 3. The molecule has 116 valence electrons. The summed E-state index contributed by atoms with van der Waals surface area (Å²) in [7, 11) is 0. The van der Waals surface area contributed by atoms with Crippen molar-refractivity contribution in [3.8, 4) is 0 Å². The summed E-state index contributed by atoms with van der Waals surface area (Å²) in [6.07, 6.45) is 12.9. The molecule has 1 aliphatic carbocycles. The summed E-state index contributed by atoms with van der Waals surface area (Å²) in [6.45, 7) is 5.80. The average molecular weight is 289 g/mol. The molecule has 0 aromatic carbocycles. The third-order valence-corrected chi connectivity index (χ3v) is 3.52. The Morgan fingerprint density at radius 2 is 1.90 bits per heavy atom. The number of carbonyl (C=O) groups is 1. The van der Waals surface area contributed by atoms with Gasteiger partial charge in [0.1, 0.15) is 0 Å². The minimum Gasteiger partial charge on any atom is -0.370 e. The van der Waals surface area contributed by atoms with Crippen molar-refractivity contribution in [1.82, 2.24) is 4.90 Å². The van der Waals surface area contributed by atoms with E-state index in [1.807, 2.05) is 19.9 Å². The maximum Gasteiger partial charge on any atom is 0.243 e. The van der Waals surface area contributed by atoms with Crippen molar-refractivity contribution in [1.29, 1.82) is 5.41 Å². The van der Waals surface area contributed by atoms with E-state index in [1.54, 1.807) is 0 Å². The second-order valence-corrected chi connectivity index (χ2v) is 4.99. The zero-order chi connectivity index (χ0) is 15.7. The predicted molar refractivity (Wildman–Crippen MR) is 88.2 cm³/mol. The largest absolute Gasteiger partial charge is 0.370 e. The molecule has 2 aliphatic rings. The van der Waals surface area contributed by atoms with E-state index in [1.165, 1.54) is 12.5 Å². The van der Waals surface area contributed by atoms with Gasteiger partial charge in [0.15, 0.2) is 0 Å². The van der Waals surface area contributed by atoms with Crippen molar-refractivity contribution in [3.63, 3.8) is 0 Å². The molecule has 0 aromatic heterocycles. The molecular formula is C17H27N3O. The Kier molecular flexibility index (Phi) is 7.51. The zero-order valence-electron chi connectivity index (χ0n) is 13.2. The van der Waals surface area contributed by atoms with Crippen LogP contribution >= 0.6 is 0 Å². The van der Waals surface area contributed by atoms with Gasteiger partial charge in [0.25, 0.3) is 0 Å². The highest BCUT2D eigenvalue weighted by Crippen LogP contribution is 2.21. The molecule has 1 amide bonds. The van der Waals surface area contributed by atoms with Crippen LogP contribution in [0.2, 0.25) is 0 Å². The first-order valence-corrected chi connectivity index (χ1v) is 7.90. The Balaban J connectivity index is 0.00000106. The number of nitrogens with zero attached hydrogens (tertiary/aromatic N) is 1. The van der Waals surface area contributed by atoms with E-state index in [2.05, 4.69) is 17.1 Å². The number of allylic oxidation sites excluding steroid dienone is 4. The van der Waals surface area contributed by atoms with Crippen LogP contribution in [-0.4, -0.2) is 29.6 Å². The van der Waals surface area contributed by atoms with E-state index in [-0.39, 0.29) is 0 Å². The van der Waals surface area contributed by atoms with Crippen LogP contribution in [0, 0.1) is 5.41 Å². The van der Waals surface area contributed by atoms with Gasteiger partial charge < -0.3 is 10.6 Å². The van der Waals surface area contributed by atoms with E-state index in [0.29, 0.717) is 11.4 Å². The van der Waals surface area contributed by atoms with Gasteiger partial charge in [-0.2, -0.15) is 0 Å². The lowest BCUT2D eigenvalue weighted by molar-refractivity contribution is -0.113. The first-order valence-electron chi connectivity index (χ1n) is 7.90. The molecule has 4 nitrogen and oxygen atoms in total. The van der Waals surface area contributed by atoms with Crippen molar-refractivity contribution >= 4 is 11.6 Å². The number of piperidine rings is 1. The average Bonchev–Trinajstić information content (AvgIpc) is 2.55. The van der Waals surface area contributed by atoms with Crippen molar-refractivity contribution < 1.29 is 4.79 Å². The Hall–Kier alpha value is -1.84. The highest BCUT2D eigenvalue weighted by molar-refractivity contribution is 6.14. The molecule has 1 heterocycles. The summed E-state index contributed by atoms with van der Waals surface area (Å²) in [5, 5.41) is 8.33. The van der Waals surface area contributed by atoms with Gasteiger partial charge in [-0.15, -0.1) is 0 Å². The fourth-order valence-electron chi connectivity index (χ4n) is 2.54. The fraction of sp³-hybridized carbons (Fsp3) is 0.529. The number of nitrogens with one attached hydrogen (secondary N) is 1. The van der Waals surface area contributed by atoms with Crippen LogP contribution in [-0.2, 0) is 4.79 Å². The highest BCUT2D eigenvalue weighted by atomic mass is 16.1. The van der Waals surface area contributed by atoms with E-state index in [4.69, 9.17) is 11.1 Å². The molecule has 0 radical (unpaired) electrons. The highest BCUT2D eigenvalue weighted by Gasteiger charge is 2.19. The molecule has 0 aromatic rings. The van der Waals surface area contributed by atoms with Gasteiger partial charge in [0, 0.05) is 19.2 Å². The minimum atomic E-state index is -0.481. The molecule has 0 saturated carbocycles. The lowest BCUT2D eigenvalue weighted by atomic mass is 9.98. The summed E-state index contributed by atoms with van der Waals surface area (Å²) in [5.74, 6) is -0.481. The number of amides is 1. The first-order chi connectivity index (χ1) is 10.2. The van der Waals surface area contributed by atoms with Crippen LogP contribution in [0.4, 0.5) is 0 Å². The van der Waals surface area contributed by atoms with Crippen LogP contribution in [0.5, 0.6) is 0 Å². The second-order valence-electron chi connectivity index (χ2n) is 4.99. The summed E-state index contributed by atoms with van der Waals surface area (Å²) in [5.41, 5.74) is 7.27. The summed E-state index contributed by atoms with van der Waals surface area (Å²) >= 11 is 0. The van der Waals surface area contributed by atoms with Crippen molar-refractivity contribution in [2.45, 2.75) is 46.0 Å².